The van der Waals surface area contributed by atoms with Crippen molar-refractivity contribution in [2.45, 2.75) is 64.1 Å². The van der Waals surface area contributed by atoms with Crippen molar-refractivity contribution >= 4 is 37.5 Å². The van der Waals surface area contributed by atoms with Gasteiger partial charge in [-0.15, -0.1) is 0 Å². The Bertz CT molecular complexity index is 1210. The molecule has 5 heterocycles. The molecule has 2 atom stereocenters. The van der Waals surface area contributed by atoms with E-state index in [2.05, 4.69) is 71.8 Å². The van der Waals surface area contributed by atoms with Gasteiger partial charge in [0.15, 0.2) is 14.8 Å². The van der Waals surface area contributed by atoms with Gasteiger partial charge >= 0.3 is 0 Å². The summed E-state index contributed by atoms with van der Waals surface area (Å²) < 4.78 is 0. The van der Waals surface area contributed by atoms with E-state index < -0.39 is 0 Å². The molecule has 174 valence electrons. The Balaban J connectivity index is 1.37. The summed E-state index contributed by atoms with van der Waals surface area (Å²) in [4.78, 5) is 25.7. The quantitative estimate of drug-likeness (QED) is 0.424. The first-order valence-corrected chi connectivity index (χ1v) is 12.9. The van der Waals surface area contributed by atoms with Crippen LogP contribution in [0, 0.1) is 0 Å². The lowest BCUT2D eigenvalue weighted by Crippen LogP contribution is -2.63. The molecule has 0 radical (unpaired) electrons. The van der Waals surface area contributed by atoms with Crippen LogP contribution < -0.4 is 4.90 Å². The van der Waals surface area contributed by atoms with Crippen molar-refractivity contribution in [2.24, 2.45) is 0 Å². The molecule has 0 amide bonds. The molecule has 0 unspecified atom stereocenters. The first-order chi connectivity index (χ1) is 15.7. The number of hydrogen-bond donors (Lipinski definition) is 1. The largest absolute Gasteiger partial charge is 0.348 e. The van der Waals surface area contributed by atoms with Crippen LogP contribution in [0.5, 0.6) is 0 Å². The number of hydrogen-bond acceptors (Lipinski definition) is 9. The highest BCUT2D eigenvalue weighted by Crippen LogP contribution is 2.43. The molecule has 4 aromatic heterocycles. The maximum Gasteiger partial charge on any atom is 0.188 e. The van der Waals surface area contributed by atoms with Gasteiger partial charge in [0.25, 0.3) is 0 Å². The lowest BCUT2D eigenvalue weighted by atomic mass is 9.75. The molecule has 0 aliphatic carbocycles. The number of fused-ring (bicyclic) bond motifs is 1. The zero-order valence-corrected chi connectivity index (χ0v) is 21.6. The van der Waals surface area contributed by atoms with Crippen LogP contribution >= 0.6 is 22.7 Å². The summed E-state index contributed by atoms with van der Waals surface area (Å²) in [5, 5.41) is 8.66. The number of aromatic amines is 1. The summed E-state index contributed by atoms with van der Waals surface area (Å²) in [6.45, 7) is 9.40. The van der Waals surface area contributed by atoms with Crippen molar-refractivity contribution in [3.8, 4) is 22.0 Å². The van der Waals surface area contributed by atoms with Crippen LogP contribution in [-0.4, -0.2) is 66.2 Å². The maximum atomic E-state index is 4.96. The van der Waals surface area contributed by atoms with Crippen LogP contribution in [0.4, 0.5) is 5.13 Å². The second kappa shape index (κ2) is 8.11. The summed E-state index contributed by atoms with van der Waals surface area (Å²) in [5.41, 5.74) is 2.79. The van der Waals surface area contributed by atoms with Crippen molar-refractivity contribution in [1.82, 2.24) is 35.0 Å². The van der Waals surface area contributed by atoms with Crippen LogP contribution in [0.3, 0.4) is 0 Å². The van der Waals surface area contributed by atoms with Gasteiger partial charge in [0.05, 0.1) is 24.3 Å². The van der Waals surface area contributed by atoms with Gasteiger partial charge in [0, 0.05) is 35.9 Å². The Labute approximate surface area is 202 Å². The van der Waals surface area contributed by atoms with Gasteiger partial charge < -0.3 is 4.90 Å². The Morgan fingerprint density at radius 1 is 1.06 bits per heavy atom. The molecule has 1 N–H and O–H groups in total. The van der Waals surface area contributed by atoms with E-state index in [0.29, 0.717) is 6.04 Å². The third-order valence-electron chi connectivity index (χ3n) is 7.37. The minimum absolute atomic E-state index is 0.142. The average molecular weight is 483 g/mol. The SMILES string of the molecule is CC[C@]1(C)C[C@@H](N(C)c2nc3sc(-c4cnc(-c5cn[nH]c5)cn4)nc3s2)CC(C)(C)N1C. The number of H-pyrrole nitrogens is 1. The number of anilines is 1. The fourth-order valence-electron chi connectivity index (χ4n) is 4.84. The van der Waals surface area contributed by atoms with E-state index >= 15 is 0 Å². The molecule has 1 aliphatic heterocycles. The highest BCUT2D eigenvalue weighted by molar-refractivity contribution is 7.29. The first kappa shape index (κ1) is 22.4. The third kappa shape index (κ3) is 3.94. The number of nitrogens with one attached hydrogen (secondary N) is 1. The fourth-order valence-corrected chi connectivity index (χ4v) is 6.88. The van der Waals surface area contributed by atoms with Gasteiger partial charge in [-0.25, -0.2) is 15.0 Å². The number of rotatable bonds is 5. The molecular formula is C23H30N8S2. The number of aromatic nitrogens is 6. The van der Waals surface area contributed by atoms with E-state index in [0.717, 1.165) is 56.0 Å². The van der Waals surface area contributed by atoms with Crippen LogP contribution in [0.15, 0.2) is 24.8 Å². The summed E-state index contributed by atoms with van der Waals surface area (Å²) in [6, 6.07) is 0.446. The molecule has 8 nitrogen and oxygen atoms in total. The smallest absolute Gasteiger partial charge is 0.188 e. The van der Waals surface area contributed by atoms with Gasteiger partial charge in [0.1, 0.15) is 10.7 Å². The Morgan fingerprint density at radius 3 is 2.42 bits per heavy atom. The number of nitrogens with zero attached hydrogens (tertiary/aromatic N) is 7. The van der Waals surface area contributed by atoms with Gasteiger partial charge in [-0.05, 0) is 47.1 Å². The normalized spacial score (nSPS) is 23.3. The molecule has 0 saturated carbocycles. The van der Waals surface area contributed by atoms with Crippen molar-refractivity contribution in [2.75, 3.05) is 19.0 Å². The molecule has 0 bridgehead atoms. The van der Waals surface area contributed by atoms with Crippen LogP contribution in [0.1, 0.15) is 47.0 Å². The number of piperidine rings is 1. The molecule has 0 aromatic carbocycles. The van der Waals surface area contributed by atoms with E-state index in [9.17, 15) is 0 Å². The zero-order valence-electron chi connectivity index (χ0n) is 20.0. The lowest BCUT2D eigenvalue weighted by Gasteiger charge is -2.56. The number of likely N-dealkylation sites (tertiary alicyclic amines) is 1. The van der Waals surface area contributed by atoms with Crippen molar-refractivity contribution in [1.29, 1.82) is 0 Å². The zero-order chi connectivity index (χ0) is 23.4. The van der Waals surface area contributed by atoms with Crippen LogP contribution in [0.2, 0.25) is 0 Å². The summed E-state index contributed by atoms with van der Waals surface area (Å²) >= 11 is 3.24. The predicted molar refractivity (Wildman–Crippen MR) is 136 cm³/mol. The molecule has 1 saturated heterocycles. The van der Waals surface area contributed by atoms with Crippen LogP contribution in [-0.2, 0) is 0 Å². The highest BCUT2D eigenvalue weighted by Gasteiger charge is 2.46. The van der Waals surface area contributed by atoms with E-state index in [1.54, 1.807) is 47.5 Å². The summed E-state index contributed by atoms with van der Waals surface area (Å²) in [6.07, 6.45) is 10.4. The number of thiazole rings is 2. The van der Waals surface area contributed by atoms with E-state index in [1.165, 1.54) is 0 Å². The predicted octanol–water partition coefficient (Wildman–Crippen LogP) is 5.08. The Hall–Kier alpha value is -2.43. The Kier molecular flexibility index (Phi) is 5.49. The molecule has 1 aliphatic rings. The second-order valence-corrected chi connectivity index (χ2v) is 11.7. The van der Waals surface area contributed by atoms with Crippen molar-refractivity contribution < 1.29 is 0 Å². The maximum absolute atomic E-state index is 4.96. The minimum Gasteiger partial charge on any atom is -0.348 e. The standard InChI is InChI=1S/C23H30N8S2/c1-7-23(4)9-15(8-22(2,3)31(23)6)30(5)21-29-20-19(33-21)28-18(32-20)17-13-24-16(12-25-17)14-10-26-27-11-14/h10-13,15H,7-9H2,1-6H3,(H,26,27)/t15-,23+/m0/s1. The monoisotopic (exact) mass is 482 g/mol. The molecule has 0 spiro atoms. The third-order valence-corrected chi connectivity index (χ3v) is 9.51. The van der Waals surface area contributed by atoms with E-state index in [4.69, 9.17) is 9.97 Å². The fraction of sp³-hybridized carbons (Fsp3) is 0.522. The average Bonchev–Trinajstić information content (AvgIpc) is 3.53. The highest BCUT2D eigenvalue weighted by atomic mass is 32.1. The topological polar surface area (TPSA) is 86.7 Å². The molecular weight excluding hydrogens is 452 g/mol. The molecule has 1 fully saturated rings. The molecule has 33 heavy (non-hydrogen) atoms. The van der Waals surface area contributed by atoms with Crippen molar-refractivity contribution in [3.05, 3.63) is 24.8 Å². The summed E-state index contributed by atoms with van der Waals surface area (Å²) in [5.74, 6) is 0. The second-order valence-electron chi connectivity index (χ2n) is 9.79. The van der Waals surface area contributed by atoms with Gasteiger partial charge in [-0.2, -0.15) is 5.10 Å². The molecule has 10 heteroatoms. The Morgan fingerprint density at radius 2 is 1.79 bits per heavy atom. The van der Waals surface area contributed by atoms with E-state index in [-0.39, 0.29) is 11.1 Å². The van der Waals surface area contributed by atoms with E-state index in [1.807, 2.05) is 0 Å². The molecule has 4 aromatic rings. The minimum atomic E-state index is 0.142. The molecule has 5 rings (SSSR count). The summed E-state index contributed by atoms with van der Waals surface area (Å²) in [7, 11) is 4.46. The van der Waals surface area contributed by atoms with Crippen LogP contribution in [0.25, 0.3) is 31.6 Å². The van der Waals surface area contributed by atoms with Gasteiger partial charge in [0.2, 0.25) is 0 Å². The first-order valence-electron chi connectivity index (χ1n) is 11.3. The van der Waals surface area contributed by atoms with Gasteiger partial charge in [-0.3, -0.25) is 15.0 Å². The lowest BCUT2D eigenvalue weighted by molar-refractivity contribution is -0.0251. The van der Waals surface area contributed by atoms with Crippen molar-refractivity contribution in [3.63, 3.8) is 0 Å². The van der Waals surface area contributed by atoms with Gasteiger partial charge in [-0.1, -0.05) is 29.6 Å².